The summed E-state index contributed by atoms with van der Waals surface area (Å²) >= 11 is 1.21. The Morgan fingerprint density at radius 1 is 1.36 bits per heavy atom. The summed E-state index contributed by atoms with van der Waals surface area (Å²) in [6.45, 7) is 3.55. The van der Waals surface area contributed by atoms with E-state index in [0.717, 1.165) is 19.3 Å². The minimum absolute atomic E-state index is 0.0598. The molecular weight excluding hydrogens is 200 g/mol. The van der Waals surface area contributed by atoms with Crippen molar-refractivity contribution in [1.29, 1.82) is 0 Å². The summed E-state index contributed by atoms with van der Waals surface area (Å²) in [4.78, 5) is 21.4. The highest BCUT2D eigenvalue weighted by molar-refractivity contribution is 8.13. The Hall–Kier alpha value is -0.510. The largest absolute Gasteiger partial charge is 0.481 e. The predicted octanol–water partition coefficient (Wildman–Crippen LogP) is 2.55. The number of carboxylic acid groups (broad SMARTS) is 1. The van der Waals surface area contributed by atoms with Gasteiger partial charge < -0.3 is 5.11 Å². The van der Waals surface area contributed by atoms with Crippen LogP contribution in [-0.4, -0.2) is 21.9 Å². The van der Waals surface area contributed by atoms with Gasteiger partial charge >= 0.3 is 5.97 Å². The first-order valence-corrected chi connectivity index (χ1v) is 5.92. The molecule has 0 saturated carbocycles. The number of hydrogen-bond acceptors (Lipinski definition) is 3. The summed E-state index contributed by atoms with van der Waals surface area (Å²) in [5.74, 6) is -0.389. The Labute approximate surface area is 89.3 Å². The summed E-state index contributed by atoms with van der Waals surface area (Å²) in [5.41, 5.74) is 0. The summed E-state index contributed by atoms with van der Waals surface area (Å²) in [6.07, 6.45) is 3.29. The first-order valence-electron chi connectivity index (χ1n) is 4.94. The highest BCUT2D eigenvalue weighted by Gasteiger charge is 2.16. The van der Waals surface area contributed by atoms with Gasteiger partial charge in [0.2, 0.25) is 0 Å². The second kappa shape index (κ2) is 7.85. The van der Waals surface area contributed by atoms with Crippen LogP contribution in [0.5, 0.6) is 0 Å². The molecule has 0 aliphatic heterocycles. The molecule has 1 atom stereocenters. The zero-order valence-electron chi connectivity index (χ0n) is 8.78. The van der Waals surface area contributed by atoms with Gasteiger partial charge in [-0.3, -0.25) is 9.59 Å². The van der Waals surface area contributed by atoms with Crippen molar-refractivity contribution in [3.05, 3.63) is 0 Å². The molecule has 0 aliphatic carbocycles. The molecule has 14 heavy (non-hydrogen) atoms. The number of aliphatic carboxylic acids is 1. The summed E-state index contributed by atoms with van der Waals surface area (Å²) in [5, 5.41) is 8.93. The Kier molecular flexibility index (Phi) is 7.57. The van der Waals surface area contributed by atoms with Crippen molar-refractivity contribution in [2.75, 3.05) is 5.75 Å². The van der Waals surface area contributed by atoms with Crippen LogP contribution in [0.2, 0.25) is 0 Å². The molecule has 0 aromatic rings. The van der Waals surface area contributed by atoms with E-state index < -0.39 is 5.97 Å². The molecule has 0 saturated heterocycles. The number of thioether (sulfide) groups is 1. The second-order valence-corrected chi connectivity index (χ2v) is 4.58. The van der Waals surface area contributed by atoms with E-state index in [4.69, 9.17) is 5.11 Å². The van der Waals surface area contributed by atoms with E-state index in [1.807, 2.05) is 6.92 Å². The van der Waals surface area contributed by atoms with Crippen LogP contribution in [0.1, 0.15) is 39.5 Å². The van der Waals surface area contributed by atoms with Crippen LogP contribution >= 0.6 is 11.8 Å². The third kappa shape index (κ3) is 6.95. The maximum absolute atomic E-state index is 10.8. The smallest absolute Gasteiger partial charge is 0.306 e. The average Bonchev–Trinajstić information content (AvgIpc) is 2.09. The molecule has 0 aromatic carbocycles. The average molecular weight is 218 g/mol. The van der Waals surface area contributed by atoms with E-state index in [9.17, 15) is 9.59 Å². The van der Waals surface area contributed by atoms with E-state index in [1.165, 1.54) is 18.7 Å². The van der Waals surface area contributed by atoms with Gasteiger partial charge in [-0.05, 0) is 12.8 Å². The summed E-state index contributed by atoms with van der Waals surface area (Å²) in [6, 6.07) is 0. The third-order valence-corrected chi connectivity index (χ3v) is 2.87. The second-order valence-electron chi connectivity index (χ2n) is 3.31. The van der Waals surface area contributed by atoms with Crippen molar-refractivity contribution in [1.82, 2.24) is 0 Å². The van der Waals surface area contributed by atoms with Crippen LogP contribution in [0.25, 0.3) is 0 Å². The Bertz CT molecular complexity index is 192. The van der Waals surface area contributed by atoms with Crippen molar-refractivity contribution >= 4 is 22.8 Å². The fraction of sp³-hybridized carbons (Fsp3) is 0.800. The van der Waals surface area contributed by atoms with Crippen LogP contribution < -0.4 is 0 Å². The van der Waals surface area contributed by atoms with Gasteiger partial charge in [0, 0.05) is 12.7 Å². The lowest BCUT2D eigenvalue weighted by molar-refractivity contribution is -0.142. The minimum atomic E-state index is -0.734. The normalized spacial score (nSPS) is 12.4. The van der Waals surface area contributed by atoms with Crippen molar-refractivity contribution in [2.24, 2.45) is 5.92 Å². The van der Waals surface area contributed by atoms with E-state index in [1.54, 1.807) is 0 Å². The Balaban J connectivity index is 3.73. The molecule has 0 amide bonds. The van der Waals surface area contributed by atoms with Gasteiger partial charge in [-0.2, -0.15) is 0 Å². The van der Waals surface area contributed by atoms with Crippen LogP contribution in [0.15, 0.2) is 0 Å². The van der Waals surface area contributed by atoms with Crippen LogP contribution in [0.3, 0.4) is 0 Å². The Morgan fingerprint density at radius 3 is 2.43 bits per heavy atom. The topological polar surface area (TPSA) is 54.4 Å². The van der Waals surface area contributed by atoms with E-state index in [2.05, 4.69) is 0 Å². The van der Waals surface area contributed by atoms with Gasteiger partial charge in [-0.1, -0.05) is 31.5 Å². The molecular formula is C10H18O3S. The maximum Gasteiger partial charge on any atom is 0.306 e. The van der Waals surface area contributed by atoms with Crippen molar-refractivity contribution in [3.8, 4) is 0 Å². The monoisotopic (exact) mass is 218 g/mol. The molecule has 0 aliphatic rings. The molecule has 0 rings (SSSR count). The van der Waals surface area contributed by atoms with Crippen molar-refractivity contribution in [2.45, 2.75) is 39.5 Å². The molecule has 0 fully saturated rings. The number of unbranched alkanes of at least 4 members (excludes halogenated alkanes) is 1. The van der Waals surface area contributed by atoms with E-state index in [0.29, 0.717) is 12.2 Å². The van der Waals surface area contributed by atoms with Gasteiger partial charge in [-0.25, -0.2) is 0 Å². The number of carboxylic acids is 1. The number of carbonyl (C=O) groups is 2. The molecule has 1 unspecified atom stereocenters. The first-order chi connectivity index (χ1) is 6.57. The van der Waals surface area contributed by atoms with Gasteiger partial charge in [-0.15, -0.1) is 0 Å². The summed E-state index contributed by atoms with van der Waals surface area (Å²) < 4.78 is 0. The van der Waals surface area contributed by atoms with Crippen LogP contribution in [0, 0.1) is 5.92 Å². The molecule has 0 radical (unpaired) electrons. The molecule has 0 bridgehead atoms. The molecule has 4 heteroatoms. The fourth-order valence-electron chi connectivity index (χ4n) is 1.19. The lowest BCUT2D eigenvalue weighted by Gasteiger charge is -2.10. The number of rotatable bonds is 7. The molecule has 3 nitrogen and oxygen atoms in total. The lowest BCUT2D eigenvalue weighted by atomic mass is 10.00. The van der Waals surface area contributed by atoms with Crippen molar-refractivity contribution in [3.63, 3.8) is 0 Å². The third-order valence-electron chi connectivity index (χ3n) is 2.03. The van der Waals surface area contributed by atoms with E-state index >= 15 is 0 Å². The van der Waals surface area contributed by atoms with Crippen LogP contribution in [0.4, 0.5) is 0 Å². The predicted molar refractivity (Wildman–Crippen MR) is 58.4 cm³/mol. The quantitative estimate of drug-likeness (QED) is 0.713. The van der Waals surface area contributed by atoms with Crippen LogP contribution in [-0.2, 0) is 9.59 Å². The zero-order valence-corrected chi connectivity index (χ0v) is 9.60. The SMILES string of the molecule is CCCCC(CCSC(C)=O)C(=O)O. The highest BCUT2D eigenvalue weighted by Crippen LogP contribution is 2.16. The van der Waals surface area contributed by atoms with Gasteiger partial charge in [0.1, 0.15) is 0 Å². The summed E-state index contributed by atoms with van der Waals surface area (Å²) in [7, 11) is 0. The molecule has 0 spiro atoms. The van der Waals surface area contributed by atoms with Gasteiger partial charge in [0.05, 0.1) is 5.92 Å². The highest BCUT2D eigenvalue weighted by atomic mass is 32.2. The van der Waals surface area contributed by atoms with Crippen molar-refractivity contribution < 1.29 is 14.7 Å². The van der Waals surface area contributed by atoms with Gasteiger partial charge in [0.15, 0.2) is 5.12 Å². The standard InChI is InChI=1S/C10H18O3S/c1-3-4-5-9(10(12)13)6-7-14-8(2)11/h9H,3-7H2,1-2H3,(H,12,13). The fourth-order valence-corrected chi connectivity index (χ4v) is 1.88. The Morgan fingerprint density at radius 2 is 2.00 bits per heavy atom. The first kappa shape index (κ1) is 13.5. The molecule has 0 aromatic heterocycles. The van der Waals surface area contributed by atoms with Gasteiger partial charge in [0.25, 0.3) is 0 Å². The lowest BCUT2D eigenvalue weighted by Crippen LogP contribution is -2.14. The number of carbonyl (C=O) groups excluding carboxylic acids is 1. The zero-order chi connectivity index (χ0) is 11.0. The maximum atomic E-state index is 10.8. The molecule has 0 heterocycles. The number of hydrogen-bond donors (Lipinski definition) is 1. The molecule has 82 valence electrons. The minimum Gasteiger partial charge on any atom is -0.481 e. The molecule has 1 N–H and O–H groups in total. The van der Waals surface area contributed by atoms with E-state index in [-0.39, 0.29) is 11.0 Å².